The lowest BCUT2D eigenvalue weighted by Gasteiger charge is -2.06. The van der Waals surface area contributed by atoms with E-state index >= 15 is 0 Å². The number of hydrogen-bond acceptors (Lipinski definition) is 1. The molecule has 0 heterocycles. The number of nitrogen functional groups attached to an aromatic ring is 1. The monoisotopic (exact) mass is 283 g/mol. The van der Waals surface area contributed by atoms with Gasteiger partial charge >= 0.3 is 0 Å². The fourth-order valence-corrected chi connectivity index (χ4v) is 1.85. The summed E-state index contributed by atoms with van der Waals surface area (Å²) in [4.78, 5) is 0. The molecule has 0 spiro atoms. The van der Waals surface area contributed by atoms with Crippen LogP contribution in [0.2, 0.25) is 0 Å². The highest BCUT2D eigenvalue weighted by Crippen LogP contribution is 2.29. The summed E-state index contributed by atoms with van der Waals surface area (Å²) in [6, 6.07) is 9.63. The first kappa shape index (κ1) is 11.1. The van der Waals surface area contributed by atoms with Gasteiger partial charge in [-0.3, -0.25) is 0 Å². The van der Waals surface area contributed by atoms with Gasteiger partial charge in [0.25, 0.3) is 0 Å². The van der Waals surface area contributed by atoms with Gasteiger partial charge in [-0.2, -0.15) is 0 Å². The second-order valence-electron chi connectivity index (χ2n) is 3.33. The molecule has 0 saturated carbocycles. The van der Waals surface area contributed by atoms with E-state index in [9.17, 15) is 8.78 Å². The highest BCUT2D eigenvalue weighted by atomic mass is 79.9. The van der Waals surface area contributed by atoms with Gasteiger partial charge in [0.15, 0.2) is 5.82 Å². The van der Waals surface area contributed by atoms with E-state index < -0.39 is 17.3 Å². The van der Waals surface area contributed by atoms with Crippen molar-refractivity contribution in [1.82, 2.24) is 0 Å². The topological polar surface area (TPSA) is 26.0 Å². The predicted molar refractivity (Wildman–Crippen MR) is 63.9 cm³/mol. The fraction of sp³-hybridized carbons (Fsp3) is 0. The van der Waals surface area contributed by atoms with Crippen LogP contribution in [0.5, 0.6) is 0 Å². The highest BCUT2D eigenvalue weighted by Gasteiger charge is 2.11. The van der Waals surface area contributed by atoms with Gasteiger partial charge in [0.2, 0.25) is 0 Å². The maximum absolute atomic E-state index is 13.7. The largest absolute Gasteiger partial charge is 0.394 e. The lowest BCUT2D eigenvalue weighted by atomic mass is 10.0. The van der Waals surface area contributed by atoms with E-state index in [1.165, 1.54) is 6.07 Å². The van der Waals surface area contributed by atoms with Crippen molar-refractivity contribution < 1.29 is 8.78 Å². The first-order valence-corrected chi connectivity index (χ1v) is 5.38. The quantitative estimate of drug-likeness (QED) is 0.788. The van der Waals surface area contributed by atoms with Crippen molar-refractivity contribution >= 4 is 21.6 Å². The highest BCUT2D eigenvalue weighted by molar-refractivity contribution is 9.10. The number of hydrogen-bond donors (Lipinski definition) is 1. The van der Waals surface area contributed by atoms with Crippen LogP contribution in [0.3, 0.4) is 0 Å². The molecule has 0 amide bonds. The Morgan fingerprint density at radius 3 is 2.50 bits per heavy atom. The zero-order valence-corrected chi connectivity index (χ0v) is 9.76. The molecule has 16 heavy (non-hydrogen) atoms. The molecule has 0 aliphatic carbocycles. The molecule has 0 unspecified atom stereocenters. The van der Waals surface area contributed by atoms with Gasteiger partial charge in [0.05, 0.1) is 0 Å². The lowest BCUT2D eigenvalue weighted by molar-refractivity contribution is 0.594. The fourth-order valence-electron chi connectivity index (χ4n) is 1.45. The summed E-state index contributed by atoms with van der Waals surface area (Å²) in [7, 11) is 0. The van der Waals surface area contributed by atoms with E-state index in [0.717, 1.165) is 10.5 Å². The molecule has 82 valence electrons. The molecule has 0 fully saturated rings. The third-order valence-corrected chi connectivity index (χ3v) is 2.76. The molecule has 2 aromatic carbocycles. The van der Waals surface area contributed by atoms with Crippen molar-refractivity contribution in [2.75, 3.05) is 5.73 Å². The Labute approximate surface area is 100 Å². The average Bonchev–Trinajstić information content (AvgIpc) is 2.26. The standard InChI is InChI=1S/C12H8BrF2N/c13-8-3-1-2-7(6-8)9-4-5-10(14)12(16)11(9)15/h1-6H,16H2. The molecule has 2 N–H and O–H groups in total. The van der Waals surface area contributed by atoms with Crippen molar-refractivity contribution in [3.05, 3.63) is 52.5 Å². The summed E-state index contributed by atoms with van der Waals surface area (Å²) in [6.45, 7) is 0. The van der Waals surface area contributed by atoms with Crippen LogP contribution >= 0.6 is 15.9 Å². The van der Waals surface area contributed by atoms with E-state index in [1.807, 2.05) is 6.07 Å². The first-order valence-electron chi connectivity index (χ1n) is 4.59. The predicted octanol–water partition coefficient (Wildman–Crippen LogP) is 3.98. The molecular formula is C12H8BrF2N. The third kappa shape index (κ3) is 1.93. The maximum atomic E-state index is 13.7. The molecule has 2 rings (SSSR count). The van der Waals surface area contributed by atoms with E-state index in [4.69, 9.17) is 5.73 Å². The Bertz CT molecular complexity index is 541. The van der Waals surface area contributed by atoms with Gasteiger partial charge in [-0.25, -0.2) is 8.78 Å². The normalized spacial score (nSPS) is 10.4. The van der Waals surface area contributed by atoms with Gasteiger partial charge in [-0.15, -0.1) is 0 Å². The molecule has 0 atom stereocenters. The third-order valence-electron chi connectivity index (χ3n) is 2.26. The van der Waals surface area contributed by atoms with Gasteiger partial charge in [0, 0.05) is 10.0 Å². The number of rotatable bonds is 1. The van der Waals surface area contributed by atoms with Crippen molar-refractivity contribution in [2.24, 2.45) is 0 Å². The second kappa shape index (κ2) is 4.22. The molecule has 2 aromatic rings. The molecule has 1 nitrogen and oxygen atoms in total. The molecule has 0 aromatic heterocycles. The van der Waals surface area contributed by atoms with Gasteiger partial charge < -0.3 is 5.73 Å². The van der Waals surface area contributed by atoms with Gasteiger partial charge in [0.1, 0.15) is 11.5 Å². The zero-order valence-electron chi connectivity index (χ0n) is 8.18. The van der Waals surface area contributed by atoms with Crippen molar-refractivity contribution in [3.63, 3.8) is 0 Å². The van der Waals surface area contributed by atoms with Crippen LogP contribution in [0.1, 0.15) is 0 Å². The van der Waals surface area contributed by atoms with Crippen LogP contribution in [-0.2, 0) is 0 Å². The first-order chi connectivity index (χ1) is 7.59. The van der Waals surface area contributed by atoms with Crippen molar-refractivity contribution in [1.29, 1.82) is 0 Å². The van der Waals surface area contributed by atoms with Crippen LogP contribution in [0.4, 0.5) is 14.5 Å². The number of halogens is 3. The van der Waals surface area contributed by atoms with E-state index in [1.54, 1.807) is 18.2 Å². The summed E-state index contributed by atoms with van der Waals surface area (Å²) in [5.74, 6) is -1.46. The number of nitrogens with two attached hydrogens (primary N) is 1. The summed E-state index contributed by atoms with van der Waals surface area (Å²) in [5.41, 5.74) is 5.79. The SMILES string of the molecule is Nc1c(F)ccc(-c2cccc(Br)c2)c1F. The second-order valence-corrected chi connectivity index (χ2v) is 4.25. The lowest BCUT2D eigenvalue weighted by Crippen LogP contribution is -1.97. The zero-order chi connectivity index (χ0) is 11.7. The Morgan fingerprint density at radius 2 is 1.81 bits per heavy atom. The summed E-state index contributed by atoms with van der Waals surface area (Å²) < 4.78 is 27.5. The minimum absolute atomic E-state index is 0.292. The Kier molecular flexibility index (Phi) is 2.92. The molecule has 0 radical (unpaired) electrons. The van der Waals surface area contributed by atoms with Crippen LogP contribution < -0.4 is 5.73 Å². The molecule has 4 heteroatoms. The smallest absolute Gasteiger partial charge is 0.156 e. The summed E-state index contributed by atoms with van der Waals surface area (Å²) in [5, 5.41) is 0. The maximum Gasteiger partial charge on any atom is 0.156 e. The van der Waals surface area contributed by atoms with Crippen molar-refractivity contribution in [2.45, 2.75) is 0 Å². The van der Waals surface area contributed by atoms with Gasteiger partial charge in [-0.05, 0) is 29.8 Å². The molecular weight excluding hydrogens is 276 g/mol. The minimum Gasteiger partial charge on any atom is -0.394 e. The van der Waals surface area contributed by atoms with Crippen molar-refractivity contribution in [3.8, 4) is 11.1 Å². The van der Waals surface area contributed by atoms with Crippen LogP contribution in [0, 0.1) is 11.6 Å². The van der Waals surface area contributed by atoms with Gasteiger partial charge in [-0.1, -0.05) is 28.1 Å². The van der Waals surface area contributed by atoms with Crippen LogP contribution in [-0.4, -0.2) is 0 Å². The van der Waals surface area contributed by atoms with E-state index in [2.05, 4.69) is 15.9 Å². The molecule has 0 saturated heterocycles. The minimum atomic E-state index is -0.740. The van der Waals surface area contributed by atoms with E-state index in [0.29, 0.717) is 11.1 Å². The van der Waals surface area contributed by atoms with E-state index in [-0.39, 0.29) is 0 Å². The molecule has 0 bridgehead atoms. The Hall–Kier alpha value is -1.42. The number of benzene rings is 2. The average molecular weight is 284 g/mol. The Morgan fingerprint density at radius 1 is 1.06 bits per heavy atom. The Balaban J connectivity index is 2.61. The van der Waals surface area contributed by atoms with Crippen LogP contribution in [0.15, 0.2) is 40.9 Å². The molecule has 0 aliphatic heterocycles. The van der Waals surface area contributed by atoms with Crippen LogP contribution in [0.25, 0.3) is 11.1 Å². The molecule has 0 aliphatic rings. The summed E-state index contributed by atoms with van der Waals surface area (Å²) in [6.07, 6.45) is 0. The number of anilines is 1. The summed E-state index contributed by atoms with van der Waals surface area (Å²) >= 11 is 3.29.